The number of alkyl halides is 3. The summed E-state index contributed by atoms with van der Waals surface area (Å²) in [5.74, 6) is -3.66. The lowest BCUT2D eigenvalue weighted by Crippen LogP contribution is -2.45. The maximum atomic E-state index is 12.5. The smallest absolute Gasteiger partial charge is 0.471 e. The minimum Gasteiger partial charge on any atom is -0.481 e. The first kappa shape index (κ1) is 14.4. The number of rotatable bonds is 2. The molecule has 20 heavy (non-hydrogen) atoms. The molecule has 1 aromatic rings. The third-order valence-corrected chi connectivity index (χ3v) is 3.25. The van der Waals surface area contributed by atoms with Gasteiger partial charge in [-0.15, -0.1) is 0 Å². The molecular formula is C13H12F3NO3. The molecule has 1 amide bonds. The van der Waals surface area contributed by atoms with Gasteiger partial charge in [-0.3, -0.25) is 9.59 Å². The standard InChI is InChI=1S/C13H12F3NO3/c14-13(15,16)12(20)17-6-8-3-1-2-4-10(8)9(7-17)5-11(18)19/h1-4,9H,5-7H2,(H,18,19). The van der Waals surface area contributed by atoms with Gasteiger partial charge >= 0.3 is 18.1 Å². The molecule has 1 aliphatic rings. The van der Waals surface area contributed by atoms with Gasteiger partial charge in [-0.05, 0) is 11.1 Å². The van der Waals surface area contributed by atoms with Crippen molar-refractivity contribution in [1.82, 2.24) is 4.90 Å². The number of carboxylic acid groups (broad SMARTS) is 1. The number of carbonyl (C=O) groups is 2. The van der Waals surface area contributed by atoms with Crippen LogP contribution in [0.1, 0.15) is 23.5 Å². The number of benzene rings is 1. The molecule has 1 aromatic carbocycles. The number of halogens is 3. The van der Waals surface area contributed by atoms with Crippen molar-refractivity contribution in [2.45, 2.75) is 25.1 Å². The van der Waals surface area contributed by atoms with Crippen molar-refractivity contribution in [2.75, 3.05) is 6.54 Å². The molecule has 0 aromatic heterocycles. The van der Waals surface area contributed by atoms with Crippen LogP contribution in [0.2, 0.25) is 0 Å². The summed E-state index contributed by atoms with van der Waals surface area (Å²) in [7, 11) is 0. The maximum Gasteiger partial charge on any atom is 0.471 e. The number of hydrogen-bond acceptors (Lipinski definition) is 2. The molecule has 2 rings (SSSR count). The first-order valence-electron chi connectivity index (χ1n) is 5.94. The highest BCUT2D eigenvalue weighted by molar-refractivity contribution is 5.82. The number of carboxylic acids is 1. The lowest BCUT2D eigenvalue weighted by Gasteiger charge is -2.34. The van der Waals surface area contributed by atoms with E-state index >= 15 is 0 Å². The van der Waals surface area contributed by atoms with Gasteiger partial charge in [-0.1, -0.05) is 24.3 Å². The van der Waals surface area contributed by atoms with Crippen LogP contribution in [0.4, 0.5) is 13.2 Å². The molecule has 108 valence electrons. The van der Waals surface area contributed by atoms with E-state index in [1.807, 2.05) is 0 Å². The van der Waals surface area contributed by atoms with Crippen LogP contribution in [-0.2, 0) is 16.1 Å². The molecule has 1 atom stereocenters. The molecule has 1 N–H and O–H groups in total. The highest BCUT2D eigenvalue weighted by atomic mass is 19.4. The second-order valence-electron chi connectivity index (χ2n) is 4.68. The molecule has 0 aliphatic carbocycles. The Kier molecular flexibility index (Phi) is 3.69. The van der Waals surface area contributed by atoms with Crippen molar-refractivity contribution >= 4 is 11.9 Å². The Balaban J connectivity index is 2.31. The van der Waals surface area contributed by atoms with Gasteiger partial charge in [0.25, 0.3) is 0 Å². The first-order valence-corrected chi connectivity index (χ1v) is 5.94. The lowest BCUT2D eigenvalue weighted by atomic mass is 9.87. The summed E-state index contributed by atoms with van der Waals surface area (Å²) in [4.78, 5) is 22.8. The van der Waals surface area contributed by atoms with Gasteiger partial charge in [0.1, 0.15) is 0 Å². The zero-order valence-electron chi connectivity index (χ0n) is 10.4. The fraction of sp³-hybridized carbons (Fsp3) is 0.385. The average molecular weight is 287 g/mol. The Morgan fingerprint density at radius 3 is 2.55 bits per heavy atom. The highest BCUT2D eigenvalue weighted by Crippen LogP contribution is 2.32. The Bertz CT molecular complexity index is 542. The number of aliphatic carboxylic acids is 1. The normalized spacial score (nSPS) is 18.6. The van der Waals surface area contributed by atoms with Crippen LogP contribution in [0, 0.1) is 0 Å². The van der Waals surface area contributed by atoms with E-state index in [-0.39, 0.29) is 19.5 Å². The Morgan fingerprint density at radius 2 is 1.95 bits per heavy atom. The van der Waals surface area contributed by atoms with Crippen molar-refractivity contribution in [1.29, 1.82) is 0 Å². The van der Waals surface area contributed by atoms with E-state index < -0.39 is 24.0 Å². The fourth-order valence-corrected chi connectivity index (χ4v) is 2.43. The van der Waals surface area contributed by atoms with Gasteiger partial charge in [-0.2, -0.15) is 13.2 Å². The zero-order valence-corrected chi connectivity index (χ0v) is 10.4. The van der Waals surface area contributed by atoms with E-state index in [0.717, 1.165) is 0 Å². The highest BCUT2D eigenvalue weighted by Gasteiger charge is 2.44. The summed E-state index contributed by atoms with van der Waals surface area (Å²) in [5, 5.41) is 8.85. The molecule has 1 heterocycles. The van der Waals surface area contributed by atoms with E-state index in [4.69, 9.17) is 5.11 Å². The van der Waals surface area contributed by atoms with Crippen LogP contribution in [-0.4, -0.2) is 34.6 Å². The van der Waals surface area contributed by atoms with Crippen molar-refractivity contribution in [3.63, 3.8) is 0 Å². The average Bonchev–Trinajstić information content (AvgIpc) is 2.36. The summed E-state index contributed by atoms with van der Waals surface area (Å²) >= 11 is 0. The fourth-order valence-electron chi connectivity index (χ4n) is 2.43. The van der Waals surface area contributed by atoms with Crippen LogP contribution in [0.5, 0.6) is 0 Å². The van der Waals surface area contributed by atoms with Crippen LogP contribution in [0.25, 0.3) is 0 Å². The van der Waals surface area contributed by atoms with Gasteiger partial charge in [-0.25, -0.2) is 0 Å². The second kappa shape index (κ2) is 5.15. The van der Waals surface area contributed by atoms with E-state index in [9.17, 15) is 22.8 Å². The predicted molar refractivity (Wildman–Crippen MR) is 62.9 cm³/mol. The van der Waals surface area contributed by atoms with Crippen LogP contribution < -0.4 is 0 Å². The molecule has 7 heteroatoms. The number of hydrogen-bond donors (Lipinski definition) is 1. The van der Waals surface area contributed by atoms with Crippen molar-refractivity contribution in [3.05, 3.63) is 35.4 Å². The van der Waals surface area contributed by atoms with Crippen molar-refractivity contribution in [2.24, 2.45) is 0 Å². The second-order valence-corrected chi connectivity index (χ2v) is 4.68. The Hall–Kier alpha value is -2.05. The minimum absolute atomic E-state index is 0.148. The molecule has 0 spiro atoms. The maximum absolute atomic E-state index is 12.5. The third-order valence-electron chi connectivity index (χ3n) is 3.25. The summed E-state index contributed by atoms with van der Waals surface area (Å²) < 4.78 is 37.5. The van der Waals surface area contributed by atoms with Gasteiger partial charge in [0, 0.05) is 19.0 Å². The van der Waals surface area contributed by atoms with Gasteiger partial charge in [0.15, 0.2) is 0 Å². The van der Waals surface area contributed by atoms with Crippen LogP contribution >= 0.6 is 0 Å². The summed E-state index contributed by atoms with van der Waals surface area (Å²) in [6.45, 7) is -0.383. The monoisotopic (exact) mass is 287 g/mol. The molecule has 4 nitrogen and oxygen atoms in total. The zero-order chi connectivity index (χ0) is 14.9. The third kappa shape index (κ3) is 2.92. The summed E-state index contributed by atoms with van der Waals surface area (Å²) in [6.07, 6.45) is -5.25. The van der Waals surface area contributed by atoms with E-state index in [2.05, 4.69) is 0 Å². The number of carbonyl (C=O) groups excluding carboxylic acids is 1. The molecule has 0 saturated heterocycles. The van der Waals surface area contributed by atoms with Gasteiger partial charge in [0.2, 0.25) is 0 Å². The van der Waals surface area contributed by atoms with E-state index in [1.165, 1.54) is 0 Å². The molecule has 0 radical (unpaired) electrons. The first-order chi connectivity index (χ1) is 9.29. The molecule has 0 saturated carbocycles. The molecule has 0 fully saturated rings. The quantitative estimate of drug-likeness (QED) is 0.906. The number of fused-ring (bicyclic) bond motifs is 1. The van der Waals surface area contributed by atoms with Crippen molar-refractivity contribution < 1.29 is 27.9 Å². The predicted octanol–water partition coefficient (Wildman–Crippen LogP) is 2.15. The van der Waals surface area contributed by atoms with Gasteiger partial charge < -0.3 is 10.0 Å². The lowest BCUT2D eigenvalue weighted by molar-refractivity contribution is -0.186. The van der Waals surface area contributed by atoms with E-state index in [1.54, 1.807) is 24.3 Å². The summed E-state index contributed by atoms with van der Waals surface area (Å²) in [5.41, 5.74) is 1.25. The topological polar surface area (TPSA) is 57.6 Å². The minimum atomic E-state index is -4.94. The van der Waals surface area contributed by atoms with Crippen LogP contribution in [0.3, 0.4) is 0 Å². The molecule has 0 bridgehead atoms. The van der Waals surface area contributed by atoms with Gasteiger partial charge in [0.05, 0.1) is 6.42 Å². The molecule has 1 unspecified atom stereocenters. The summed E-state index contributed by atoms with van der Waals surface area (Å²) in [6, 6.07) is 6.66. The SMILES string of the molecule is O=C(O)CC1CN(C(=O)C(F)(F)F)Cc2ccccc21. The van der Waals surface area contributed by atoms with Crippen molar-refractivity contribution in [3.8, 4) is 0 Å². The largest absolute Gasteiger partial charge is 0.481 e. The van der Waals surface area contributed by atoms with Crippen LogP contribution in [0.15, 0.2) is 24.3 Å². The molecule has 1 aliphatic heterocycles. The number of nitrogens with zero attached hydrogens (tertiary/aromatic N) is 1. The Labute approximate surface area is 112 Å². The molecular weight excluding hydrogens is 275 g/mol. The Morgan fingerprint density at radius 1 is 1.30 bits per heavy atom. The van der Waals surface area contributed by atoms with E-state index in [0.29, 0.717) is 16.0 Å². The number of amides is 1.